The van der Waals surface area contributed by atoms with Crippen molar-refractivity contribution in [2.75, 3.05) is 0 Å². The summed E-state index contributed by atoms with van der Waals surface area (Å²) in [5.74, 6) is 0. The Morgan fingerprint density at radius 3 is 2.71 bits per heavy atom. The molecule has 0 amide bonds. The van der Waals surface area contributed by atoms with E-state index in [9.17, 15) is 0 Å². The normalized spacial score (nSPS) is 12.9. The van der Waals surface area contributed by atoms with Gasteiger partial charge in [-0.05, 0) is 50.3 Å². The number of rotatable bonds is 4. The molecular formula is C12H18BrN. The number of halogens is 1. The minimum Gasteiger partial charge on any atom is -0.328 e. The molecule has 0 aliphatic rings. The summed E-state index contributed by atoms with van der Waals surface area (Å²) in [6, 6.07) is 6.88. The summed E-state index contributed by atoms with van der Waals surface area (Å²) in [6.07, 6.45) is 3.40. The van der Waals surface area contributed by atoms with Crippen LogP contribution in [0.25, 0.3) is 0 Å². The quantitative estimate of drug-likeness (QED) is 0.877. The Hall–Kier alpha value is -0.340. The molecule has 0 aromatic heterocycles. The Morgan fingerprint density at radius 2 is 2.14 bits per heavy atom. The van der Waals surface area contributed by atoms with Crippen LogP contribution in [0, 0.1) is 6.92 Å². The average Bonchev–Trinajstić information content (AvgIpc) is 2.10. The van der Waals surface area contributed by atoms with Gasteiger partial charge in [-0.2, -0.15) is 0 Å². The van der Waals surface area contributed by atoms with Crippen molar-refractivity contribution in [2.45, 2.75) is 39.2 Å². The van der Waals surface area contributed by atoms with Crippen molar-refractivity contribution >= 4 is 15.9 Å². The molecule has 0 fully saturated rings. The first-order valence-electron chi connectivity index (χ1n) is 5.10. The smallest absolute Gasteiger partial charge is 0.0207 e. The van der Waals surface area contributed by atoms with Crippen molar-refractivity contribution in [2.24, 2.45) is 5.73 Å². The highest BCUT2D eigenvalue weighted by atomic mass is 79.9. The zero-order chi connectivity index (χ0) is 10.6. The van der Waals surface area contributed by atoms with Gasteiger partial charge in [-0.3, -0.25) is 0 Å². The van der Waals surface area contributed by atoms with Gasteiger partial charge in [-0.15, -0.1) is 0 Å². The fourth-order valence-electron chi connectivity index (χ4n) is 1.42. The molecule has 1 aromatic rings. The molecule has 0 spiro atoms. The van der Waals surface area contributed by atoms with E-state index in [4.69, 9.17) is 5.73 Å². The van der Waals surface area contributed by atoms with Gasteiger partial charge in [-0.1, -0.05) is 28.1 Å². The molecule has 0 saturated carbocycles. The number of hydrogen-bond donors (Lipinski definition) is 1. The maximum Gasteiger partial charge on any atom is 0.0207 e. The summed E-state index contributed by atoms with van der Waals surface area (Å²) in [5, 5.41) is 0. The Bertz CT molecular complexity index is 294. The van der Waals surface area contributed by atoms with Gasteiger partial charge >= 0.3 is 0 Å². The zero-order valence-electron chi connectivity index (χ0n) is 8.89. The first-order chi connectivity index (χ1) is 6.59. The molecule has 2 N–H and O–H groups in total. The van der Waals surface area contributed by atoms with E-state index in [0.29, 0.717) is 6.04 Å². The first-order valence-corrected chi connectivity index (χ1v) is 5.89. The molecule has 0 heterocycles. The van der Waals surface area contributed by atoms with E-state index in [0.717, 1.165) is 12.8 Å². The first kappa shape index (κ1) is 11.7. The van der Waals surface area contributed by atoms with E-state index < -0.39 is 0 Å². The van der Waals surface area contributed by atoms with Gasteiger partial charge in [-0.25, -0.2) is 0 Å². The second-order valence-electron chi connectivity index (χ2n) is 3.95. The van der Waals surface area contributed by atoms with Crippen LogP contribution in [0.5, 0.6) is 0 Å². The van der Waals surface area contributed by atoms with Gasteiger partial charge in [0, 0.05) is 10.5 Å². The highest BCUT2D eigenvalue weighted by molar-refractivity contribution is 9.10. The van der Waals surface area contributed by atoms with Gasteiger partial charge in [0.15, 0.2) is 0 Å². The van der Waals surface area contributed by atoms with Crippen LogP contribution in [-0.4, -0.2) is 6.04 Å². The van der Waals surface area contributed by atoms with Crippen LogP contribution in [0.4, 0.5) is 0 Å². The molecule has 1 atom stereocenters. The third kappa shape index (κ3) is 3.81. The molecule has 0 aliphatic heterocycles. The van der Waals surface area contributed by atoms with Gasteiger partial charge in [0.2, 0.25) is 0 Å². The number of hydrogen-bond acceptors (Lipinski definition) is 1. The summed E-state index contributed by atoms with van der Waals surface area (Å²) in [4.78, 5) is 0. The van der Waals surface area contributed by atoms with Crippen LogP contribution in [0.3, 0.4) is 0 Å². The van der Waals surface area contributed by atoms with Gasteiger partial charge in [0.25, 0.3) is 0 Å². The third-order valence-corrected chi connectivity index (χ3v) is 3.22. The largest absolute Gasteiger partial charge is 0.328 e. The van der Waals surface area contributed by atoms with E-state index in [2.05, 4.69) is 48.0 Å². The fourth-order valence-corrected chi connectivity index (χ4v) is 1.85. The fraction of sp³-hybridized carbons (Fsp3) is 0.500. The molecule has 1 unspecified atom stereocenters. The van der Waals surface area contributed by atoms with Crippen LogP contribution >= 0.6 is 15.9 Å². The molecule has 14 heavy (non-hydrogen) atoms. The van der Waals surface area contributed by atoms with Gasteiger partial charge in [0.05, 0.1) is 0 Å². The topological polar surface area (TPSA) is 26.0 Å². The van der Waals surface area contributed by atoms with Crippen molar-refractivity contribution in [1.82, 2.24) is 0 Å². The maximum absolute atomic E-state index is 5.70. The van der Waals surface area contributed by atoms with Crippen LogP contribution in [-0.2, 0) is 6.42 Å². The van der Waals surface area contributed by atoms with Crippen molar-refractivity contribution in [1.29, 1.82) is 0 Å². The summed E-state index contributed by atoms with van der Waals surface area (Å²) in [5.41, 5.74) is 8.39. The predicted octanol–water partition coefficient (Wildman–Crippen LogP) is 3.43. The summed E-state index contributed by atoms with van der Waals surface area (Å²) in [6.45, 7) is 4.17. The maximum atomic E-state index is 5.70. The molecule has 2 heteroatoms. The lowest BCUT2D eigenvalue weighted by Crippen LogP contribution is -2.14. The second-order valence-corrected chi connectivity index (χ2v) is 4.81. The van der Waals surface area contributed by atoms with Crippen LogP contribution < -0.4 is 5.73 Å². The van der Waals surface area contributed by atoms with Crippen molar-refractivity contribution < 1.29 is 0 Å². The Labute approximate surface area is 94.8 Å². The summed E-state index contributed by atoms with van der Waals surface area (Å²) in [7, 11) is 0. The molecule has 0 saturated heterocycles. The molecule has 1 nitrogen and oxygen atoms in total. The van der Waals surface area contributed by atoms with Crippen molar-refractivity contribution in [3.05, 3.63) is 33.8 Å². The molecule has 1 aromatic carbocycles. The minimum absolute atomic E-state index is 0.323. The van der Waals surface area contributed by atoms with E-state index in [-0.39, 0.29) is 0 Å². The SMILES string of the molecule is Cc1ccc(CCCC(C)N)cc1Br. The molecule has 78 valence electrons. The number of benzene rings is 1. The van der Waals surface area contributed by atoms with Gasteiger partial charge in [0.1, 0.15) is 0 Å². The second kappa shape index (κ2) is 5.52. The Kier molecular flexibility index (Phi) is 4.63. The van der Waals surface area contributed by atoms with Crippen molar-refractivity contribution in [3.8, 4) is 0 Å². The van der Waals surface area contributed by atoms with E-state index in [1.807, 2.05) is 0 Å². The molecular weight excluding hydrogens is 238 g/mol. The molecule has 0 aliphatic carbocycles. The van der Waals surface area contributed by atoms with Crippen LogP contribution in [0.15, 0.2) is 22.7 Å². The van der Waals surface area contributed by atoms with Crippen LogP contribution in [0.2, 0.25) is 0 Å². The van der Waals surface area contributed by atoms with Crippen LogP contribution in [0.1, 0.15) is 30.9 Å². The monoisotopic (exact) mass is 255 g/mol. The predicted molar refractivity (Wildman–Crippen MR) is 65.5 cm³/mol. The molecule has 1 rings (SSSR count). The van der Waals surface area contributed by atoms with E-state index in [1.165, 1.54) is 22.0 Å². The highest BCUT2D eigenvalue weighted by Crippen LogP contribution is 2.18. The lowest BCUT2D eigenvalue weighted by molar-refractivity contribution is 0.624. The highest BCUT2D eigenvalue weighted by Gasteiger charge is 1.99. The third-order valence-electron chi connectivity index (χ3n) is 2.36. The summed E-state index contributed by atoms with van der Waals surface area (Å²) < 4.78 is 1.20. The lowest BCUT2D eigenvalue weighted by atomic mass is 10.0. The standard InChI is InChI=1S/C12H18BrN/c1-9-6-7-11(8-12(9)13)5-3-4-10(2)14/h6-8,10H,3-5,14H2,1-2H3. The van der Waals surface area contributed by atoms with Gasteiger partial charge < -0.3 is 5.73 Å². The average molecular weight is 256 g/mol. The lowest BCUT2D eigenvalue weighted by Gasteiger charge is -2.06. The molecule has 0 radical (unpaired) electrons. The minimum atomic E-state index is 0.323. The van der Waals surface area contributed by atoms with E-state index >= 15 is 0 Å². The Morgan fingerprint density at radius 1 is 1.43 bits per heavy atom. The molecule has 0 bridgehead atoms. The van der Waals surface area contributed by atoms with E-state index in [1.54, 1.807) is 0 Å². The van der Waals surface area contributed by atoms with Crippen molar-refractivity contribution in [3.63, 3.8) is 0 Å². The zero-order valence-corrected chi connectivity index (χ0v) is 10.5. The number of nitrogens with two attached hydrogens (primary N) is 1. The Balaban J connectivity index is 2.47. The number of aryl methyl sites for hydroxylation is 2. The summed E-state index contributed by atoms with van der Waals surface area (Å²) >= 11 is 3.54.